The van der Waals surface area contributed by atoms with Crippen molar-refractivity contribution in [1.82, 2.24) is 9.80 Å². The molecule has 3 aromatic carbocycles. The summed E-state index contributed by atoms with van der Waals surface area (Å²) >= 11 is 0. The van der Waals surface area contributed by atoms with Crippen LogP contribution in [0.2, 0.25) is 0 Å². The summed E-state index contributed by atoms with van der Waals surface area (Å²) in [6.45, 7) is 1.66. The SMILES string of the molecule is COc1cc(-c2c(OC)cccc2OC)cc2c1OCCN(C(=O)CN1C[C@H](c3ccccc3)CC1=O)C2. The third-order valence-corrected chi connectivity index (χ3v) is 7.20. The Hall–Kier alpha value is -4.20. The molecule has 2 aliphatic rings. The van der Waals surface area contributed by atoms with Crippen LogP contribution in [0.1, 0.15) is 23.5 Å². The van der Waals surface area contributed by atoms with Gasteiger partial charge in [0.05, 0.1) is 40.0 Å². The molecule has 1 atom stereocenters. The maximum Gasteiger partial charge on any atom is 0.242 e. The number of carbonyl (C=O) groups is 2. The van der Waals surface area contributed by atoms with Gasteiger partial charge >= 0.3 is 0 Å². The van der Waals surface area contributed by atoms with Gasteiger partial charge in [0.1, 0.15) is 18.1 Å². The highest BCUT2D eigenvalue weighted by Gasteiger charge is 2.33. The lowest BCUT2D eigenvalue weighted by Crippen LogP contribution is -2.41. The highest BCUT2D eigenvalue weighted by molar-refractivity contribution is 5.87. The van der Waals surface area contributed by atoms with Gasteiger partial charge in [0.2, 0.25) is 11.8 Å². The van der Waals surface area contributed by atoms with Crippen molar-refractivity contribution in [2.24, 2.45) is 0 Å². The molecule has 1 fully saturated rings. The van der Waals surface area contributed by atoms with Crippen LogP contribution >= 0.6 is 0 Å². The second kappa shape index (κ2) is 11.0. The Bertz CT molecular complexity index is 1300. The number of nitrogens with zero attached hydrogens (tertiary/aromatic N) is 2. The van der Waals surface area contributed by atoms with Crippen LogP contribution in [0.25, 0.3) is 11.1 Å². The molecular weight excluding hydrogens is 484 g/mol. The molecule has 0 bridgehead atoms. The van der Waals surface area contributed by atoms with E-state index in [1.807, 2.05) is 60.7 Å². The minimum Gasteiger partial charge on any atom is -0.496 e. The van der Waals surface area contributed by atoms with Crippen LogP contribution in [0.15, 0.2) is 60.7 Å². The van der Waals surface area contributed by atoms with E-state index >= 15 is 0 Å². The molecule has 1 saturated heterocycles. The van der Waals surface area contributed by atoms with Gasteiger partial charge in [-0.25, -0.2) is 0 Å². The topological polar surface area (TPSA) is 77.5 Å². The van der Waals surface area contributed by atoms with Gasteiger partial charge in [-0.15, -0.1) is 0 Å². The van der Waals surface area contributed by atoms with E-state index in [0.29, 0.717) is 55.7 Å². The lowest BCUT2D eigenvalue weighted by atomic mass is 9.99. The van der Waals surface area contributed by atoms with Gasteiger partial charge in [-0.1, -0.05) is 36.4 Å². The smallest absolute Gasteiger partial charge is 0.242 e. The summed E-state index contributed by atoms with van der Waals surface area (Å²) in [5.41, 5.74) is 3.55. The van der Waals surface area contributed by atoms with Crippen molar-refractivity contribution in [2.75, 3.05) is 47.6 Å². The van der Waals surface area contributed by atoms with Gasteiger partial charge in [0.25, 0.3) is 0 Å². The highest BCUT2D eigenvalue weighted by Crippen LogP contribution is 2.44. The van der Waals surface area contributed by atoms with E-state index in [0.717, 1.165) is 22.3 Å². The van der Waals surface area contributed by atoms with E-state index < -0.39 is 0 Å². The number of rotatable bonds is 7. The van der Waals surface area contributed by atoms with Gasteiger partial charge in [-0.05, 0) is 35.4 Å². The molecule has 5 rings (SSSR count). The standard InChI is InChI=1S/C30H32N2O6/c1-35-24-10-7-11-25(36-2)29(24)21-14-23-18-31(12-13-38-30(23)26(15-21)37-3)28(34)19-32-17-22(16-27(32)33)20-8-5-4-6-9-20/h4-11,14-15,22H,12-13,16-19H2,1-3H3/t22-/m1/s1. The van der Waals surface area contributed by atoms with Crippen molar-refractivity contribution in [2.45, 2.75) is 18.9 Å². The fourth-order valence-electron chi connectivity index (χ4n) is 5.27. The van der Waals surface area contributed by atoms with Crippen molar-refractivity contribution in [1.29, 1.82) is 0 Å². The van der Waals surface area contributed by atoms with Gasteiger partial charge in [-0.2, -0.15) is 0 Å². The molecule has 198 valence electrons. The number of likely N-dealkylation sites (tertiary alicyclic amines) is 1. The first kappa shape index (κ1) is 25.4. The molecule has 8 heteroatoms. The number of hydrogen-bond acceptors (Lipinski definition) is 6. The largest absolute Gasteiger partial charge is 0.496 e. The predicted octanol–water partition coefficient (Wildman–Crippen LogP) is 4.12. The molecule has 2 amide bonds. The summed E-state index contributed by atoms with van der Waals surface area (Å²) in [4.78, 5) is 29.6. The second-order valence-corrected chi connectivity index (χ2v) is 9.45. The molecule has 0 radical (unpaired) electrons. The van der Waals surface area contributed by atoms with E-state index in [9.17, 15) is 9.59 Å². The lowest BCUT2D eigenvalue weighted by Gasteiger charge is -2.24. The van der Waals surface area contributed by atoms with Gasteiger partial charge in [-0.3, -0.25) is 9.59 Å². The van der Waals surface area contributed by atoms with Crippen LogP contribution in [0.4, 0.5) is 0 Å². The number of amides is 2. The Balaban J connectivity index is 1.39. The zero-order chi connectivity index (χ0) is 26.6. The zero-order valence-electron chi connectivity index (χ0n) is 21.9. The van der Waals surface area contributed by atoms with Crippen LogP contribution in [-0.2, 0) is 16.1 Å². The van der Waals surface area contributed by atoms with Crippen molar-refractivity contribution in [3.05, 3.63) is 71.8 Å². The molecule has 2 heterocycles. The maximum absolute atomic E-state index is 13.4. The molecule has 0 saturated carbocycles. The van der Waals surface area contributed by atoms with Crippen LogP contribution in [0, 0.1) is 0 Å². The Morgan fingerprint density at radius 2 is 1.66 bits per heavy atom. The van der Waals surface area contributed by atoms with Gasteiger partial charge in [0.15, 0.2) is 11.5 Å². The van der Waals surface area contributed by atoms with Crippen molar-refractivity contribution in [3.8, 4) is 34.1 Å². The summed E-state index contributed by atoms with van der Waals surface area (Å²) in [5, 5.41) is 0. The number of benzene rings is 3. The number of hydrogen-bond donors (Lipinski definition) is 0. The average Bonchev–Trinajstić information content (AvgIpc) is 3.17. The highest BCUT2D eigenvalue weighted by atomic mass is 16.5. The lowest BCUT2D eigenvalue weighted by molar-refractivity contribution is -0.138. The fourth-order valence-corrected chi connectivity index (χ4v) is 5.27. The van der Waals surface area contributed by atoms with E-state index in [1.54, 1.807) is 31.1 Å². The molecular formula is C30H32N2O6. The maximum atomic E-state index is 13.4. The van der Waals surface area contributed by atoms with Gasteiger partial charge in [0, 0.05) is 31.0 Å². The minimum absolute atomic E-state index is 0.00546. The van der Waals surface area contributed by atoms with E-state index in [1.165, 1.54) is 0 Å². The quantitative estimate of drug-likeness (QED) is 0.470. The van der Waals surface area contributed by atoms with Crippen LogP contribution in [-0.4, -0.2) is 69.2 Å². The molecule has 2 aliphatic heterocycles. The first-order valence-corrected chi connectivity index (χ1v) is 12.7. The number of carbonyl (C=O) groups excluding carboxylic acids is 2. The molecule has 3 aromatic rings. The molecule has 0 unspecified atom stereocenters. The predicted molar refractivity (Wildman–Crippen MR) is 143 cm³/mol. The Kier molecular flexibility index (Phi) is 7.40. The third kappa shape index (κ3) is 4.98. The average molecular weight is 517 g/mol. The second-order valence-electron chi connectivity index (χ2n) is 9.45. The van der Waals surface area contributed by atoms with Gasteiger partial charge < -0.3 is 28.7 Å². The summed E-state index contributed by atoms with van der Waals surface area (Å²) in [6.07, 6.45) is 0.421. The first-order valence-electron chi connectivity index (χ1n) is 12.7. The molecule has 8 nitrogen and oxygen atoms in total. The number of methoxy groups -OCH3 is 3. The molecule has 0 aliphatic carbocycles. The van der Waals surface area contributed by atoms with E-state index in [4.69, 9.17) is 18.9 Å². The fraction of sp³-hybridized carbons (Fsp3) is 0.333. The monoisotopic (exact) mass is 516 g/mol. The molecule has 0 N–H and O–H groups in total. The minimum atomic E-state index is -0.109. The van der Waals surface area contributed by atoms with Crippen molar-refractivity contribution in [3.63, 3.8) is 0 Å². The van der Waals surface area contributed by atoms with Crippen LogP contribution < -0.4 is 18.9 Å². The Morgan fingerprint density at radius 3 is 2.34 bits per heavy atom. The first-order chi connectivity index (χ1) is 18.5. The zero-order valence-corrected chi connectivity index (χ0v) is 21.9. The Labute approximate surface area is 222 Å². The van der Waals surface area contributed by atoms with Crippen molar-refractivity contribution >= 4 is 11.8 Å². The third-order valence-electron chi connectivity index (χ3n) is 7.20. The summed E-state index contributed by atoms with van der Waals surface area (Å²) in [6, 6.07) is 19.5. The summed E-state index contributed by atoms with van der Waals surface area (Å²) < 4.78 is 23.0. The summed E-state index contributed by atoms with van der Waals surface area (Å²) in [5.74, 6) is 2.51. The van der Waals surface area contributed by atoms with Crippen molar-refractivity contribution < 1.29 is 28.5 Å². The molecule has 38 heavy (non-hydrogen) atoms. The normalized spacial score (nSPS) is 16.9. The van der Waals surface area contributed by atoms with E-state index in [-0.39, 0.29) is 24.3 Å². The van der Waals surface area contributed by atoms with E-state index in [2.05, 4.69) is 0 Å². The molecule has 0 spiro atoms. The number of fused-ring (bicyclic) bond motifs is 1. The molecule has 0 aromatic heterocycles. The number of ether oxygens (including phenoxy) is 4. The summed E-state index contributed by atoms with van der Waals surface area (Å²) in [7, 11) is 4.83. The van der Waals surface area contributed by atoms with Crippen LogP contribution in [0.3, 0.4) is 0 Å². The van der Waals surface area contributed by atoms with Crippen LogP contribution in [0.5, 0.6) is 23.0 Å². The Morgan fingerprint density at radius 1 is 0.947 bits per heavy atom.